The van der Waals surface area contributed by atoms with Gasteiger partial charge in [0.25, 0.3) is 11.8 Å². The van der Waals surface area contributed by atoms with E-state index < -0.39 is 11.9 Å². The fourth-order valence-corrected chi connectivity index (χ4v) is 5.27. The van der Waals surface area contributed by atoms with E-state index in [2.05, 4.69) is 20.7 Å². The lowest BCUT2D eigenvalue weighted by Crippen LogP contribution is -2.45. The van der Waals surface area contributed by atoms with E-state index in [9.17, 15) is 19.2 Å². The van der Waals surface area contributed by atoms with Gasteiger partial charge < -0.3 is 20.0 Å². The number of nitrogens with one attached hydrogen (secondary N) is 2. The number of hydrogen-bond acceptors (Lipinski definition) is 7. The minimum Gasteiger partial charge on any atom is -0.343 e. The van der Waals surface area contributed by atoms with Crippen molar-refractivity contribution in [1.82, 2.24) is 34.8 Å². The first-order valence-electron chi connectivity index (χ1n) is 14.5. The molecule has 226 valence electrons. The largest absolute Gasteiger partial charge is 0.343 e. The lowest BCUT2D eigenvalue weighted by molar-refractivity contribution is -0.140. The number of hydrogen-bond donors (Lipinski definition) is 2. The van der Waals surface area contributed by atoms with Crippen molar-refractivity contribution >= 4 is 46.2 Å². The Kier molecular flexibility index (Phi) is 8.98. The van der Waals surface area contributed by atoms with Gasteiger partial charge in [-0.25, -0.2) is 4.99 Å². The van der Waals surface area contributed by atoms with Gasteiger partial charge in [-0.3, -0.25) is 34.2 Å². The number of amides is 4. The van der Waals surface area contributed by atoms with Gasteiger partial charge in [-0.15, -0.1) is 0 Å². The van der Waals surface area contributed by atoms with E-state index in [0.717, 1.165) is 49.7 Å². The summed E-state index contributed by atoms with van der Waals surface area (Å²) in [6, 6.07) is 7.77. The number of fused-ring (bicyclic) bond motifs is 1. The standard InChI is InChI=1S/C30H37N9O4/c1-36(2)28(42)24-11-9-20(17-31-24)27(41)34-30(32-22-10-12-23-21(16-22)18-37(3)35-23)33-25-8-4-5-15-39(29(25)43)19-26(40)38-13-6-7-14-38/h9-12,16-18,25H,4-8,13-15,19H2,1-3H3,(H2,32,33,34,41). The SMILES string of the molecule is CN(C)C(=O)c1ccc(C(=O)NC(=NC2CCCCN(CC(=O)N3CCCC3)C2=O)Nc2ccc3nn(C)cc3c2)cn1. The number of carbonyl (C=O) groups excluding carboxylic acids is 4. The lowest BCUT2D eigenvalue weighted by atomic mass is 10.1. The fraction of sp³-hybridized carbons (Fsp3) is 0.433. The maximum absolute atomic E-state index is 13.6. The van der Waals surface area contributed by atoms with Crippen molar-refractivity contribution in [2.45, 2.75) is 38.1 Å². The van der Waals surface area contributed by atoms with Gasteiger partial charge in [-0.2, -0.15) is 5.10 Å². The predicted molar refractivity (Wildman–Crippen MR) is 162 cm³/mol. The molecule has 1 atom stereocenters. The minimum atomic E-state index is -0.781. The summed E-state index contributed by atoms with van der Waals surface area (Å²) in [5.74, 6) is -0.980. The summed E-state index contributed by atoms with van der Waals surface area (Å²) >= 11 is 0. The van der Waals surface area contributed by atoms with E-state index >= 15 is 0 Å². The Labute approximate surface area is 249 Å². The molecule has 2 saturated heterocycles. The topological polar surface area (TPSA) is 145 Å². The zero-order chi connectivity index (χ0) is 30.5. The van der Waals surface area contributed by atoms with Gasteiger partial charge in [-0.1, -0.05) is 0 Å². The molecule has 2 N–H and O–H groups in total. The molecule has 13 heteroatoms. The Bertz CT molecular complexity index is 1540. The molecule has 4 amide bonds. The van der Waals surface area contributed by atoms with Gasteiger partial charge in [0.05, 0.1) is 17.6 Å². The summed E-state index contributed by atoms with van der Waals surface area (Å²) in [6.07, 6.45) is 7.17. The Morgan fingerprint density at radius 1 is 1.05 bits per heavy atom. The molecule has 2 aromatic heterocycles. The second-order valence-electron chi connectivity index (χ2n) is 11.1. The summed E-state index contributed by atoms with van der Waals surface area (Å²) in [4.78, 5) is 65.6. The van der Waals surface area contributed by atoms with Gasteiger partial charge in [0.2, 0.25) is 17.8 Å². The number of carbonyl (C=O) groups is 4. The molecule has 5 rings (SSSR count). The number of aryl methyl sites for hydroxylation is 1. The molecule has 13 nitrogen and oxygen atoms in total. The lowest BCUT2D eigenvalue weighted by Gasteiger charge is -2.25. The zero-order valence-electron chi connectivity index (χ0n) is 24.7. The maximum atomic E-state index is 13.6. The number of nitrogens with zero attached hydrogens (tertiary/aromatic N) is 7. The van der Waals surface area contributed by atoms with E-state index in [1.807, 2.05) is 36.3 Å². The molecule has 43 heavy (non-hydrogen) atoms. The third-order valence-corrected chi connectivity index (χ3v) is 7.59. The molecule has 2 aliphatic rings. The van der Waals surface area contributed by atoms with Crippen molar-refractivity contribution in [2.75, 3.05) is 45.6 Å². The molecule has 1 unspecified atom stereocenters. The van der Waals surface area contributed by atoms with Crippen LogP contribution in [0.4, 0.5) is 5.69 Å². The molecular weight excluding hydrogens is 550 g/mol. The van der Waals surface area contributed by atoms with Gasteiger partial charge in [0, 0.05) is 64.2 Å². The van der Waals surface area contributed by atoms with Crippen LogP contribution in [0.25, 0.3) is 10.9 Å². The van der Waals surface area contributed by atoms with Gasteiger partial charge >= 0.3 is 0 Å². The van der Waals surface area contributed by atoms with E-state index in [1.165, 1.54) is 23.2 Å². The third kappa shape index (κ3) is 7.16. The van der Waals surface area contributed by atoms with Crippen LogP contribution in [0.1, 0.15) is 53.0 Å². The van der Waals surface area contributed by atoms with Crippen molar-refractivity contribution in [3.63, 3.8) is 0 Å². The third-order valence-electron chi connectivity index (χ3n) is 7.59. The maximum Gasteiger partial charge on any atom is 0.271 e. The number of benzene rings is 1. The molecular formula is C30H37N9O4. The van der Waals surface area contributed by atoms with Crippen LogP contribution in [0.15, 0.2) is 47.7 Å². The number of pyridine rings is 1. The monoisotopic (exact) mass is 587 g/mol. The van der Waals surface area contributed by atoms with Crippen LogP contribution in [0.2, 0.25) is 0 Å². The van der Waals surface area contributed by atoms with Crippen molar-refractivity contribution in [2.24, 2.45) is 12.0 Å². The summed E-state index contributed by atoms with van der Waals surface area (Å²) in [5.41, 5.74) is 1.89. The molecule has 0 saturated carbocycles. The molecule has 4 heterocycles. The van der Waals surface area contributed by atoms with Crippen LogP contribution in [-0.2, 0) is 16.6 Å². The Morgan fingerprint density at radius 3 is 2.53 bits per heavy atom. The summed E-state index contributed by atoms with van der Waals surface area (Å²) in [6.45, 7) is 1.97. The molecule has 2 fully saturated rings. The molecule has 2 aliphatic heterocycles. The number of anilines is 1. The van der Waals surface area contributed by atoms with Gasteiger partial charge in [-0.05, 0) is 62.4 Å². The molecule has 0 radical (unpaired) electrons. The van der Waals surface area contributed by atoms with E-state index in [4.69, 9.17) is 4.99 Å². The van der Waals surface area contributed by atoms with Crippen molar-refractivity contribution < 1.29 is 19.2 Å². The first-order valence-corrected chi connectivity index (χ1v) is 14.5. The van der Waals surface area contributed by atoms with Crippen LogP contribution >= 0.6 is 0 Å². The molecule has 0 bridgehead atoms. The molecule has 3 aromatic rings. The number of likely N-dealkylation sites (tertiary alicyclic amines) is 2. The number of aliphatic imine (C=N–C) groups is 1. The average molecular weight is 588 g/mol. The zero-order valence-corrected chi connectivity index (χ0v) is 24.7. The average Bonchev–Trinajstić information content (AvgIpc) is 3.63. The summed E-state index contributed by atoms with van der Waals surface area (Å²) < 4.78 is 1.71. The number of aromatic nitrogens is 3. The first-order chi connectivity index (χ1) is 20.7. The van der Waals surface area contributed by atoms with Gasteiger partial charge in [0.1, 0.15) is 11.7 Å². The first kappa shape index (κ1) is 29.7. The van der Waals surface area contributed by atoms with Crippen molar-refractivity contribution in [3.8, 4) is 0 Å². The van der Waals surface area contributed by atoms with Crippen molar-refractivity contribution in [3.05, 3.63) is 54.0 Å². The van der Waals surface area contributed by atoms with Crippen LogP contribution in [-0.4, -0.2) is 105 Å². The van der Waals surface area contributed by atoms with Gasteiger partial charge in [0.15, 0.2) is 0 Å². The van der Waals surface area contributed by atoms with E-state index in [0.29, 0.717) is 18.7 Å². The Balaban J connectivity index is 1.39. The highest BCUT2D eigenvalue weighted by Crippen LogP contribution is 2.20. The minimum absolute atomic E-state index is 0.0291. The van der Waals surface area contributed by atoms with Crippen LogP contribution in [0.3, 0.4) is 0 Å². The summed E-state index contributed by atoms with van der Waals surface area (Å²) in [5, 5.41) is 11.3. The van der Waals surface area contributed by atoms with E-state index in [-0.39, 0.29) is 41.5 Å². The second-order valence-corrected chi connectivity index (χ2v) is 11.1. The molecule has 0 spiro atoms. The van der Waals surface area contributed by atoms with Crippen molar-refractivity contribution in [1.29, 1.82) is 0 Å². The smallest absolute Gasteiger partial charge is 0.271 e. The highest BCUT2D eigenvalue weighted by Gasteiger charge is 2.30. The van der Waals surface area contributed by atoms with E-state index in [1.54, 1.807) is 23.7 Å². The summed E-state index contributed by atoms with van der Waals surface area (Å²) in [7, 11) is 5.09. The molecule has 0 aliphatic carbocycles. The predicted octanol–water partition coefficient (Wildman–Crippen LogP) is 1.87. The normalized spacial score (nSPS) is 17.6. The Hall–Kier alpha value is -4.81. The second kappa shape index (κ2) is 13.0. The van der Waals surface area contributed by atoms with Crippen LogP contribution in [0.5, 0.6) is 0 Å². The quantitative estimate of drug-likeness (QED) is 0.331. The molecule has 1 aromatic carbocycles. The number of guanidine groups is 1. The highest BCUT2D eigenvalue weighted by atomic mass is 16.2. The highest BCUT2D eigenvalue weighted by molar-refractivity contribution is 6.11. The Morgan fingerprint density at radius 2 is 1.81 bits per heavy atom. The van der Waals surface area contributed by atoms with Crippen LogP contribution in [0, 0.1) is 0 Å². The van der Waals surface area contributed by atoms with Crippen LogP contribution < -0.4 is 10.6 Å². The fourth-order valence-electron chi connectivity index (χ4n) is 5.27. The number of rotatable bonds is 6.